The maximum Gasteiger partial charge on any atom is 0.296 e. The summed E-state index contributed by atoms with van der Waals surface area (Å²) in [6.07, 6.45) is 0.0931. The molecule has 0 aliphatic rings. The molecule has 0 radical (unpaired) electrons. The highest BCUT2D eigenvalue weighted by Gasteiger charge is 2.15. The third kappa shape index (κ3) is 3.57. The molecule has 2 heterocycles. The number of aryl methyl sites for hydroxylation is 3. The van der Waals surface area contributed by atoms with Crippen LogP contribution >= 0.6 is 0 Å². The molecule has 0 aliphatic heterocycles. The summed E-state index contributed by atoms with van der Waals surface area (Å²) in [6, 6.07) is 5.88. The van der Waals surface area contributed by atoms with E-state index in [2.05, 4.69) is 15.6 Å². The molecular formula is C17H17FN4O3. The number of hydrogen-bond donors (Lipinski definition) is 1. The zero-order chi connectivity index (χ0) is 18.0. The van der Waals surface area contributed by atoms with Crippen molar-refractivity contribution in [2.75, 3.05) is 0 Å². The summed E-state index contributed by atoms with van der Waals surface area (Å²) < 4.78 is 19.1. The van der Waals surface area contributed by atoms with Crippen molar-refractivity contribution in [3.8, 4) is 0 Å². The smallest absolute Gasteiger partial charge is 0.296 e. The van der Waals surface area contributed by atoms with Crippen LogP contribution in [0.5, 0.6) is 0 Å². The number of aromatic nitrogens is 3. The van der Waals surface area contributed by atoms with Crippen molar-refractivity contribution in [1.82, 2.24) is 20.3 Å². The van der Waals surface area contributed by atoms with E-state index in [4.69, 9.17) is 4.52 Å². The molecule has 0 bridgehead atoms. The Hall–Kier alpha value is -3.03. The highest BCUT2D eigenvalue weighted by molar-refractivity contribution is 5.81. The second-order valence-electron chi connectivity index (χ2n) is 5.73. The highest BCUT2D eigenvalue weighted by Crippen LogP contribution is 2.16. The van der Waals surface area contributed by atoms with E-state index < -0.39 is 0 Å². The summed E-state index contributed by atoms with van der Waals surface area (Å²) >= 11 is 0. The van der Waals surface area contributed by atoms with E-state index in [0.717, 1.165) is 5.56 Å². The molecule has 2 aromatic heterocycles. The van der Waals surface area contributed by atoms with Gasteiger partial charge in [-0.3, -0.25) is 9.59 Å². The molecule has 0 atom stereocenters. The Balaban J connectivity index is 1.64. The van der Waals surface area contributed by atoms with E-state index in [1.807, 2.05) is 0 Å². The van der Waals surface area contributed by atoms with Crippen molar-refractivity contribution >= 4 is 16.8 Å². The predicted octanol–water partition coefficient (Wildman–Crippen LogP) is 1.85. The Kier molecular flexibility index (Phi) is 4.60. The molecule has 3 rings (SSSR count). The molecule has 0 spiro atoms. The van der Waals surface area contributed by atoms with Gasteiger partial charge in [0.1, 0.15) is 11.6 Å². The van der Waals surface area contributed by atoms with Crippen LogP contribution in [-0.4, -0.2) is 20.8 Å². The Labute approximate surface area is 142 Å². The van der Waals surface area contributed by atoms with Crippen LogP contribution in [0.3, 0.4) is 0 Å². The van der Waals surface area contributed by atoms with Gasteiger partial charge in [-0.2, -0.15) is 5.10 Å². The number of fused-ring (bicyclic) bond motifs is 1. The van der Waals surface area contributed by atoms with Crippen LogP contribution in [0.2, 0.25) is 0 Å². The van der Waals surface area contributed by atoms with Crippen molar-refractivity contribution in [3.05, 3.63) is 57.5 Å². The molecule has 8 heteroatoms. The van der Waals surface area contributed by atoms with Gasteiger partial charge in [0, 0.05) is 13.0 Å². The molecule has 25 heavy (non-hydrogen) atoms. The quantitative estimate of drug-likeness (QED) is 0.763. The SMILES string of the molecule is Cc1nn(CCC(=O)NCc2ccc(F)cc2)c(=O)c2noc(C)c12. The van der Waals surface area contributed by atoms with E-state index in [9.17, 15) is 14.0 Å². The third-order valence-corrected chi connectivity index (χ3v) is 3.89. The van der Waals surface area contributed by atoms with Crippen LogP contribution in [0, 0.1) is 19.7 Å². The van der Waals surface area contributed by atoms with Crippen molar-refractivity contribution in [1.29, 1.82) is 0 Å². The van der Waals surface area contributed by atoms with Crippen LogP contribution in [0.4, 0.5) is 4.39 Å². The van der Waals surface area contributed by atoms with Crippen molar-refractivity contribution in [3.63, 3.8) is 0 Å². The number of hydrogen-bond acceptors (Lipinski definition) is 5. The fourth-order valence-corrected chi connectivity index (χ4v) is 2.59. The lowest BCUT2D eigenvalue weighted by atomic mass is 10.2. The molecule has 1 aromatic carbocycles. The van der Waals surface area contributed by atoms with E-state index in [1.165, 1.54) is 16.8 Å². The van der Waals surface area contributed by atoms with E-state index in [1.54, 1.807) is 26.0 Å². The number of nitrogens with zero attached hydrogens (tertiary/aromatic N) is 3. The van der Waals surface area contributed by atoms with Crippen LogP contribution in [0.15, 0.2) is 33.6 Å². The van der Waals surface area contributed by atoms with Crippen molar-refractivity contribution in [2.24, 2.45) is 0 Å². The van der Waals surface area contributed by atoms with Gasteiger partial charge in [-0.15, -0.1) is 0 Å². The predicted molar refractivity (Wildman–Crippen MR) is 88.4 cm³/mol. The Morgan fingerprint density at radius 2 is 2.00 bits per heavy atom. The number of nitrogens with one attached hydrogen (secondary N) is 1. The molecule has 7 nitrogen and oxygen atoms in total. The zero-order valence-electron chi connectivity index (χ0n) is 13.9. The lowest BCUT2D eigenvalue weighted by Crippen LogP contribution is -2.29. The molecule has 1 N–H and O–H groups in total. The molecule has 0 fully saturated rings. The monoisotopic (exact) mass is 344 g/mol. The van der Waals surface area contributed by atoms with Gasteiger partial charge in [0.05, 0.1) is 17.6 Å². The summed E-state index contributed by atoms with van der Waals surface area (Å²) in [5.41, 5.74) is 1.25. The minimum Gasteiger partial charge on any atom is -0.360 e. The molecule has 0 saturated carbocycles. The van der Waals surface area contributed by atoms with Gasteiger partial charge in [0.25, 0.3) is 5.56 Å². The maximum absolute atomic E-state index is 12.8. The fraction of sp³-hybridized carbons (Fsp3) is 0.294. The van der Waals surface area contributed by atoms with Gasteiger partial charge < -0.3 is 9.84 Å². The largest absolute Gasteiger partial charge is 0.360 e. The molecule has 1 amide bonds. The van der Waals surface area contributed by atoms with Crippen LogP contribution in [0.1, 0.15) is 23.4 Å². The van der Waals surface area contributed by atoms with Crippen LogP contribution < -0.4 is 10.9 Å². The van der Waals surface area contributed by atoms with E-state index in [0.29, 0.717) is 23.4 Å². The van der Waals surface area contributed by atoms with Crippen molar-refractivity contribution in [2.45, 2.75) is 33.4 Å². The van der Waals surface area contributed by atoms with E-state index >= 15 is 0 Å². The average molecular weight is 344 g/mol. The number of carbonyl (C=O) groups excluding carboxylic acids is 1. The first-order valence-corrected chi connectivity index (χ1v) is 7.80. The molecule has 0 aliphatic carbocycles. The number of carbonyl (C=O) groups is 1. The minimum absolute atomic E-state index is 0.0931. The van der Waals surface area contributed by atoms with Gasteiger partial charge in [0.2, 0.25) is 5.91 Å². The first-order valence-electron chi connectivity index (χ1n) is 7.80. The van der Waals surface area contributed by atoms with Gasteiger partial charge >= 0.3 is 0 Å². The second-order valence-corrected chi connectivity index (χ2v) is 5.73. The molecular weight excluding hydrogens is 327 g/mol. The first kappa shape index (κ1) is 16.8. The number of amides is 1. The van der Waals surface area contributed by atoms with Crippen LogP contribution in [-0.2, 0) is 17.9 Å². The molecule has 3 aromatic rings. The third-order valence-electron chi connectivity index (χ3n) is 3.89. The standard InChI is InChI=1S/C17H17FN4O3/c1-10-15-11(2)25-21-16(15)17(24)22(20-10)8-7-14(23)19-9-12-3-5-13(18)6-4-12/h3-6H,7-9H2,1-2H3,(H,19,23). The summed E-state index contributed by atoms with van der Waals surface area (Å²) in [6.45, 7) is 3.91. The molecule has 130 valence electrons. The zero-order valence-corrected chi connectivity index (χ0v) is 13.9. The second kappa shape index (κ2) is 6.84. The minimum atomic E-state index is -0.385. The van der Waals surface area contributed by atoms with Gasteiger partial charge in [-0.25, -0.2) is 9.07 Å². The summed E-state index contributed by atoms with van der Waals surface area (Å²) in [4.78, 5) is 24.3. The highest BCUT2D eigenvalue weighted by atomic mass is 19.1. The molecule has 0 saturated heterocycles. The Morgan fingerprint density at radius 3 is 2.72 bits per heavy atom. The lowest BCUT2D eigenvalue weighted by molar-refractivity contribution is -0.121. The fourth-order valence-electron chi connectivity index (χ4n) is 2.59. The van der Waals surface area contributed by atoms with E-state index in [-0.39, 0.29) is 35.8 Å². The Morgan fingerprint density at radius 1 is 1.28 bits per heavy atom. The maximum atomic E-state index is 12.8. The van der Waals surface area contributed by atoms with Gasteiger partial charge in [0.15, 0.2) is 5.52 Å². The van der Waals surface area contributed by atoms with Gasteiger partial charge in [-0.1, -0.05) is 17.3 Å². The average Bonchev–Trinajstić information content (AvgIpc) is 2.99. The summed E-state index contributed by atoms with van der Waals surface area (Å²) in [5.74, 6) is -0.0113. The molecule has 0 unspecified atom stereocenters. The van der Waals surface area contributed by atoms with Crippen molar-refractivity contribution < 1.29 is 13.7 Å². The number of rotatable bonds is 5. The normalized spacial score (nSPS) is 11.0. The number of benzene rings is 1. The lowest BCUT2D eigenvalue weighted by Gasteiger charge is -2.07. The summed E-state index contributed by atoms with van der Waals surface area (Å²) in [7, 11) is 0. The van der Waals surface area contributed by atoms with Gasteiger partial charge in [-0.05, 0) is 31.5 Å². The van der Waals surface area contributed by atoms with Crippen LogP contribution in [0.25, 0.3) is 10.9 Å². The Bertz CT molecular complexity index is 976. The summed E-state index contributed by atoms with van der Waals surface area (Å²) in [5, 5.41) is 11.3. The topological polar surface area (TPSA) is 90.0 Å². The number of halogens is 1. The first-order chi connectivity index (χ1) is 12.0.